The average molecular weight is 467 g/mol. The second kappa shape index (κ2) is 9.96. The molecule has 1 amide bonds. The van der Waals surface area contributed by atoms with Crippen LogP contribution in [0.25, 0.3) is 5.76 Å². The van der Waals surface area contributed by atoms with Gasteiger partial charge >= 0.3 is 5.97 Å². The summed E-state index contributed by atoms with van der Waals surface area (Å²) >= 11 is 0. The number of benzene rings is 2. The third-order valence-electron chi connectivity index (χ3n) is 5.75. The summed E-state index contributed by atoms with van der Waals surface area (Å²) in [5.74, 6) is -1.32. The van der Waals surface area contributed by atoms with Crippen molar-refractivity contribution in [1.29, 1.82) is 0 Å². The van der Waals surface area contributed by atoms with Crippen molar-refractivity contribution in [1.82, 2.24) is 4.90 Å². The van der Waals surface area contributed by atoms with E-state index in [4.69, 9.17) is 18.9 Å². The average Bonchev–Trinajstić information content (AvgIpc) is 3.12. The minimum atomic E-state index is -0.836. The van der Waals surface area contributed by atoms with Gasteiger partial charge in [0.05, 0.1) is 24.3 Å². The van der Waals surface area contributed by atoms with Crippen molar-refractivity contribution >= 4 is 23.4 Å². The summed E-state index contributed by atoms with van der Waals surface area (Å²) in [4.78, 5) is 39.3. The Bertz CT molecular complexity index is 1140. The summed E-state index contributed by atoms with van der Waals surface area (Å²) in [6.45, 7) is 1.44. The van der Waals surface area contributed by atoms with Crippen molar-refractivity contribution in [2.24, 2.45) is 0 Å². The van der Waals surface area contributed by atoms with Gasteiger partial charge in [-0.15, -0.1) is 0 Å². The highest BCUT2D eigenvalue weighted by molar-refractivity contribution is 6.46. The van der Waals surface area contributed by atoms with Gasteiger partial charge in [-0.3, -0.25) is 9.59 Å². The van der Waals surface area contributed by atoms with Gasteiger partial charge in [-0.05, 0) is 42.3 Å². The van der Waals surface area contributed by atoms with Crippen LogP contribution in [-0.4, -0.2) is 68.3 Å². The molecule has 1 fully saturated rings. The van der Waals surface area contributed by atoms with Crippen molar-refractivity contribution in [3.63, 3.8) is 0 Å². The van der Waals surface area contributed by atoms with E-state index in [-0.39, 0.29) is 17.9 Å². The van der Waals surface area contributed by atoms with E-state index in [1.807, 2.05) is 0 Å². The summed E-state index contributed by atoms with van der Waals surface area (Å²) < 4.78 is 20.9. The summed E-state index contributed by atoms with van der Waals surface area (Å²) in [5, 5.41) is 11.2. The molecule has 1 saturated heterocycles. The molecule has 0 saturated carbocycles. The molecule has 0 bridgehead atoms. The molecule has 1 N–H and O–H groups in total. The number of rotatable bonds is 7. The maximum absolute atomic E-state index is 13.1. The van der Waals surface area contributed by atoms with E-state index in [1.165, 1.54) is 12.0 Å². The van der Waals surface area contributed by atoms with Crippen molar-refractivity contribution in [2.45, 2.75) is 12.5 Å². The van der Waals surface area contributed by atoms with Crippen molar-refractivity contribution < 1.29 is 38.4 Å². The topological polar surface area (TPSA) is 112 Å². The first-order chi connectivity index (χ1) is 16.5. The molecule has 2 aromatic rings. The van der Waals surface area contributed by atoms with Crippen LogP contribution in [-0.2, 0) is 19.1 Å². The van der Waals surface area contributed by atoms with E-state index in [0.29, 0.717) is 54.4 Å². The third-order valence-corrected chi connectivity index (χ3v) is 5.75. The number of amides is 1. The third kappa shape index (κ3) is 4.34. The lowest BCUT2D eigenvalue weighted by Crippen LogP contribution is -2.31. The Morgan fingerprint density at radius 3 is 2.38 bits per heavy atom. The van der Waals surface area contributed by atoms with Gasteiger partial charge in [0.25, 0.3) is 11.7 Å². The molecule has 0 spiro atoms. The number of esters is 1. The first kappa shape index (κ1) is 23.3. The Kier molecular flexibility index (Phi) is 6.83. The molecule has 34 heavy (non-hydrogen) atoms. The summed E-state index contributed by atoms with van der Waals surface area (Å²) in [5.41, 5.74) is 1.19. The van der Waals surface area contributed by atoms with Gasteiger partial charge in [0.1, 0.15) is 19.0 Å². The molecular weight excluding hydrogens is 442 g/mol. The van der Waals surface area contributed by atoms with Crippen LogP contribution in [0.2, 0.25) is 0 Å². The second-order valence-electron chi connectivity index (χ2n) is 7.81. The van der Waals surface area contributed by atoms with Crippen LogP contribution in [0, 0.1) is 0 Å². The van der Waals surface area contributed by atoms with Crippen molar-refractivity contribution in [3.05, 3.63) is 64.7 Å². The van der Waals surface area contributed by atoms with E-state index >= 15 is 0 Å². The van der Waals surface area contributed by atoms with E-state index in [9.17, 15) is 19.5 Å². The van der Waals surface area contributed by atoms with E-state index in [0.717, 1.165) is 0 Å². The molecule has 178 valence electrons. The number of carbonyl (C=O) groups excluding carboxylic acids is 3. The molecule has 9 nitrogen and oxygen atoms in total. The Hall–Kier alpha value is -3.85. The first-order valence-electron chi connectivity index (χ1n) is 10.8. The zero-order valence-electron chi connectivity index (χ0n) is 18.9. The van der Waals surface area contributed by atoms with Gasteiger partial charge in [-0.1, -0.05) is 12.1 Å². The molecule has 2 aromatic carbocycles. The normalized spacial score (nSPS) is 18.8. The van der Waals surface area contributed by atoms with Gasteiger partial charge in [0.15, 0.2) is 11.5 Å². The molecule has 2 heterocycles. The van der Waals surface area contributed by atoms with Gasteiger partial charge in [0, 0.05) is 25.8 Å². The highest BCUT2D eigenvalue weighted by Crippen LogP contribution is 2.41. The SMILES string of the molecule is COCCCN1C(=O)C(=O)C(=C(O)c2ccc3c(c2)OCCO3)[C@H]1c1ccc(C(=O)OC)cc1. The molecule has 4 rings (SSSR count). The predicted molar refractivity (Wildman–Crippen MR) is 121 cm³/mol. The lowest BCUT2D eigenvalue weighted by atomic mass is 9.94. The molecule has 0 unspecified atom stereocenters. The fourth-order valence-corrected chi connectivity index (χ4v) is 4.10. The molecule has 1 atom stereocenters. The number of ketones is 1. The number of fused-ring (bicyclic) bond motifs is 1. The quantitative estimate of drug-likeness (QED) is 0.218. The van der Waals surface area contributed by atoms with E-state index in [2.05, 4.69) is 0 Å². The summed E-state index contributed by atoms with van der Waals surface area (Å²) in [6, 6.07) is 10.4. The van der Waals surface area contributed by atoms with Crippen molar-refractivity contribution in [3.8, 4) is 11.5 Å². The lowest BCUT2D eigenvalue weighted by Gasteiger charge is -2.25. The maximum Gasteiger partial charge on any atom is 0.337 e. The predicted octanol–water partition coefficient (Wildman–Crippen LogP) is 2.70. The second-order valence-corrected chi connectivity index (χ2v) is 7.81. The minimum Gasteiger partial charge on any atom is -0.507 e. The van der Waals surface area contributed by atoms with Crippen LogP contribution in [0.15, 0.2) is 48.0 Å². The molecule has 9 heteroatoms. The van der Waals surface area contributed by atoms with Crippen LogP contribution in [0.3, 0.4) is 0 Å². The summed E-state index contributed by atoms with van der Waals surface area (Å²) in [7, 11) is 2.84. The largest absolute Gasteiger partial charge is 0.507 e. The number of nitrogens with zero attached hydrogens (tertiary/aromatic N) is 1. The molecule has 2 aliphatic rings. The van der Waals surface area contributed by atoms with Crippen LogP contribution >= 0.6 is 0 Å². The number of carbonyl (C=O) groups is 3. The number of aliphatic hydroxyl groups excluding tert-OH is 1. The van der Waals surface area contributed by atoms with Crippen LogP contribution in [0.4, 0.5) is 0 Å². The number of hydrogen-bond acceptors (Lipinski definition) is 8. The number of Topliss-reactive ketones (excluding diaryl/α,β-unsaturated/α-hetero) is 1. The van der Waals surface area contributed by atoms with E-state index in [1.54, 1.807) is 49.6 Å². The van der Waals surface area contributed by atoms with Gasteiger partial charge in [0.2, 0.25) is 0 Å². The lowest BCUT2D eigenvalue weighted by molar-refractivity contribution is -0.140. The highest BCUT2D eigenvalue weighted by Gasteiger charge is 2.45. The van der Waals surface area contributed by atoms with Gasteiger partial charge < -0.3 is 29.0 Å². The van der Waals surface area contributed by atoms with Crippen LogP contribution < -0.4 is 9.47 Å². The number of ether oxygens (including phenoxy) is 4. The number of likely N-dealkylation sites (tertiary alicyclic amines) is 1. The van der Waals surface area contributed by atoms with Gasteiger partial charge in [-0.2, -0.15) is 0 Å². The number of aliphatic hydroxyl groups is 1. The smallest absolute Gasteiger partial charge is 0.337 e. The highest BCUT2D eigenvalue weighted by atomic mass is 16.6. The maximum atomic E-state index is 13.1. The fraction of sp³-hybridized carbons (Fsp3) is 0.320. The minimum absolute atomic E-state index is 0.0371. The Balaban J connectivity index is 1.79. The standard InChI is InChI=1S/C25H25NO8/c1-31-11-3-10-26-21(15-4-6-16(7-5-15)25(30)32-2)20(23(28)24(26)29)22(27)17-8-9-18-19(14-17)34-13-12-33-18/h4-9,14,21,27H,3,10-13H2,1-2H3/t21-/m1/s1. The monoisotopic (exact) mass is 467 g/mol. The van der Waals surface area contributed by atoms with E-state index < -0.39 is 23.7 Å². The zero-order valence-corrected chi connectivity index (χ0v) is 18.9. The molecule has 0 aromatic heterocycles. The summed E-state index contributed by atoms with van der Waals surface area (Å²) in [6.07, 6.45) is 0.504. The van der Waals surface area contributed by atoms with Crippen molar-refractivity contribution in [2.75, 3.05) is 40.6 Å². The molecule has 0 aliphatic carbocycles. The van der Waals surface area contributed by atoms with Gasteiger partial charge in [-0.25, -0.2) is 4.79 Å². The fourth-order valence-electron chi connectivity index (χ4n) is 4.10. The number of methoxy groups -OCH3 is 2. The Labute approximate surface area is 196 Å². The Morgan fingerprint density at radius 2 is 1.71 bits per heavy atom. The zero-order chi connectivity index (χ0) is 24.2. The van der Waals surface area contributed by atoms with Crippen LogP contribution in [0.5, 0.6) is 11.5 Å². The van der Waals surface area contributed by atoms with Crippen LogP contribution in [0.1, 0.15) is 33.9 Å². The number of hydrogen-bond donors (Lipinski definition) is 1. The Morgan fingerprint density at radius 1 is 1.03 bits per heavy atom. The first-order valence-corrected chi connectivity index (χ1v) is 10.8. The molecular formula is C25H25NO8. The molecule has 0 radical (unpaired) electrons. The molecule has 2 aliphatic heterocycles.